The fraction of sp³-hybridized carbons (Fsp3) is 0.200. The van der Waals surface area contributed by atoms with E-state index in [1.165, 1.54) is 6.07 Å². The van der Waals surface area contributed by atoms with Gasteiger partial charge in [0.15, 0.2) is 6.07 Å². The van der Waals surface area contributed by atoms with Gasteiger partial charge in [0.05, 0.1) is 7.11 Å². The molecule has 1 aromatic carbocycles. The third kappa shape index (κ3) is 3.26. The Kier molecular flexibility index (Phi) is 4.13. The lowest BCUT2D eigenvalue weighted by atomic mass is 10.2. The van der Waals surface area contributed by atoms with Crippen LogP contribution in [0.4, 0.5) is 0 Å². The number of nitrogens with zero attached hydrogens (tertiary/aromatic N) is 1. The van der Waals surface area contributed by atoms with Crippen LogP contribution in [0.15, 0.2) is 22.7 Å². The van der Waals surface area contributed by atoms with Gasteiger partial charge in [0.1, 0.15) is 5.75 Å². The van der Waals surface area contributed by atoms with Crippen LogP contribution < -0.4 is 10.1 Å². The highest BCUT2D eigenvalue weighted by atomic mass is 79.9. The molecule has 0 aromatic heterocycles. The van der Waals surface area contributed by atoms with E-state index in [1.54, 1.807) is 13.2 Å². The number of hydrogen-bond donors (Lipinski definition) is 1. The normalized spacial score (nSPS) is 9.13. The molecule has 1 rings (SSSR count). The van der Waals surface area contributed by atoms with Gasteiger partial charge in [-0.3, -0.25) is 4.79 Å². The number of hydrogen-bond acceptors (Lipinski definition) is 3. The fourth-order valence-electron chi connectivity index (χ4n) is 1.10. The lowest BCUT2D eigenvalue weighted by Gasteiger charge is -2.08. The van der Waals surface area contributed by atoms with Crippen molar-refractivity contribution < 1.29 is 9.53 Å². The minimum absolute atomic E-state index is 0.273. The van der Waals surface area contributed by atoms with Crippen LogP contribution in [0.3, 0.4) is 0 Å². The van der Waals surface area contributed by atoms with Gasteiger partial charge in [0.25, 0.3) is 0 Å². The topological polar surface area (TPSA) is 62.1 Å². The molecule has 1 N–H and O–H groups in total. The van der Waals surface area contributed by atoms with Gasteiger partial charge in [-0.25, -0.2) is 0 Å². The van der Waals surface area contributed by atoms with E-state index in [4.69, 9.17) is 10.00 Å². The lowest BCUT2D eigenvalue weighted by Crippen LogP contribution is -2.20. The molecule has 0 fully saturated rings. The van der Waals surface area contributed by atoms with Crippen molar-refractivity contribution in [2.75, 3.05) is 7.11 Å². The average Bonchev–Trinajstić information content (AvgIpc) is 2.26. The Morgan fingerprint density at radius 3 is 3.00 bits per heavy atom. The maximum Gasteiger partial charge on any atom is 0.322 e. The first-order chi connectivity index (χ1) is 7.17. The number of nitriles is 1. The molecule has 78 valence electrons. The third-order valence-corrected chi connectivity index (χ3v) is 2.28. The minimum atomic E-state index is -0.656. The Balaban J connectivity index is 2.79. The molecule has 5 heteroatoms. The second kappa shape index (κ2) is 5.37. The van der Waals surface area contributed by atoms with Crippen LogP contribution in [0.1, 0.15) is 5.56 Å². The van der Waals surface area contributed by atoms with Crippen molar-refractivity contribution in [3.63, 3.8) is 0 Å². The smallest absolute Gasteiger partial charge is 0.322 e. The number of methoxy groups -OCH3 is 1. The van der Waals surface area contributed by atoms with E-state index in [0.717, 1.165) is 10.0 Å². The molecule has 1 aromatic rings. The highest BCUT2D eigenvalue weighted by molar-refractivity contribution is 9.10. The van der Waals surface area contributed by atoms with Crippen LogP contribution in [0.2, 0.25) is 0 Å². The van der Waals surface area contributed by atoms with Crippen LogP contribution in [0.25, 0.3) is 0 Å². The molecule has 0 spiro atoms. The summed E-state index contributed by atoms with van der Waals surface area (Å²) in [6, 6.07) is 6.95. The summed E-state index contributed by atoms with van der Waals surface area (Å²) in [6.07, 6.45) is 0. The van der Waals surface area contributed by atoms with Gasteiger partial charge in [-0.15, -0.1) is 0 Å². The molecule has 0 saturated carbocycles. The molecule has 0 atom stereocenters. The Morgan fingerprint density at radius 1 is 1.67 bits per heavy atom. The zero-order chi connectivity index (χ0) is 11.3. The summed E-state index contributed by atoms with van der Waals surface area (Å²) in [6.45, 7) is 0.273. The lowest BCUT2D eigenvalue weighted by molar-refractivity contribution is -0.116. The molecular formula is C10H9BrN2O2. The quantitative estimate of drug-likeness (QED) is 0.848. The molecule has 0 unspecified atom stereocenters. The summed E-state index contributed by atoms with van der Waals surface area (Å²) >= 11 is 3.32. The van der Waals surface area contributed by atoms with E-state index >= 15 is 0 Å². The second-order valence-corrected chi connectivity index (χ2v) is 3.67. The Hall–Kier alpha value is -1.54. The standard InChI is InChI=1S/C10H9BrN2O2/c1-15-9-3-2-8(11)4-7(9)6-13-10(14)5-12/h2-4H,6H2,1H3,(H,13,14). The molecule has 0 heterocycles. The van der Waals surface area contributed by atoms with Gasteiger partial charge in [-0.2, -0.15) is 5.26 Å². The van der Waals surface area contributed by atoms with Gasteiger partial charge in [-0.1, -0.05) is 15.9 Å². The predicted molar refractivity (Wildman–Crippen MR) is 58.2 cm³/mol. The fourth-order valence-corrected chi connectivity index (χ4v) is 1.51. The molecule has 0 aliphatic carbocycles. The Morgan fingerprint density at radius 2 is 2.40 bits per heavy atom. The average molecular weight is 269 g/mol. The summed E-state index contributed by atoms with van der Waals surface area (Å²) < 4.78 is 6.00. The van der Waals surface area contributed by atoms with E-state index in [9.17, 15) is 4.79 Å². The number of ether oxygens (including phenoxy) is 1. The first kappa shape index (κ1) is 11.5. The molecule has 4 nitrogen and oxygen atoms in total. The second-order valence-electron chi connectivity index (χ2n) is 2.75. The van der Waals surface area contributed by atoms with Crippen molar-refractivity contribution in [2.45, 2.75) is 6.54 Å². The minimum Gasteiger partial charge on any atom is -0.496 e. The van der Waals surface area contributed by atoms with E-state index in [2.05, 4.69) is 21.2 Å². The van der Waals surface area contributed by atoms with Gasteiger partial charge in [-0.05, 0) is 18.2 Å². The number of halogens is 1. The summed E-state index contributed by atoms with van der Waals surface area (Å²) in [5.74, 6) is 0.0217. The van der Waals surface area contributed by atoms with Crippen LogP contribution in [-0.2, 0) is 11.3 Å². The monoisotopic (exact) mass is 268 g/mol. The van der Waals surface area contributed by atoms with E-state index in [0.29, 0.717) is 5.75 Å². The van der Waals surface area contributed by atoms with E-state index < -0.39 is 5.91 Å². The highest BCUT2D eigenvalue weighted by Crippen LogP contribution is 2.22. The first-order valence-electron chi connectivity index (χ1n) is 4.17. The molecule has 0 aliphatic rings. The number of carbonyl (C=O) groups excluding carboxylic acids is 1. The number of carbonyl (C=O) groups is 1. The van der Waals surface area contributed by atoms with Gasteiger partial charge >= 0.3 is 5.91 Å². The van der Waals surface area contributed by atoms with Gasteiger partial charge in [0, 0.05) is 16.6 Å². The van der Waals surface area contributed by atoms with Gasteiger partial charge in [0.2, 0.25) is 0 Å². The predicted octanol–water partition coefficient (Wildman–Crippen LogP) is 1.60. The summed E-state index contributed by atoms with van der Waals surface area (Å²) in [5, 5.41) is 10.7. The molecule has 1 amide bonds. The van der Waals surface area contributed by atoms with Crippen LogP contribution in [-0.4, -0.2) is 13.0 Å². The van der Waals surface area contributed by atoms with Crippen molar-refractivity contribution in [3.8, 4) is 11.8 Å². The zero-order valence-corrected chi connectivity index (χ0v) is 9.67. The number of benzene rings is 1. The summed E-state index contributed by atoms with van der Waals surface area (Å²) in [7, 11) is 1.55. The number of amides is 1. The van der Waals surface area contributed by atoms with Crippen molar-refractivity contribution in [2.24, 2.45) is 0 Å². The molecule has 0 bridgehead atoms. The van der Waals surface area contributed by atoms with Crippen molar-refractivity contribution >= 4 is 21.8 Å². The first-order valence-corrected chi connectivity index (χ1v) is 4.97. The number of rotatable bonds is 3. The van der Waals surface area contributed by atoms with E-state index in [-0.39, 0.29) is 6.54 Å². The molecule has 15 heavy (non-hydrogen) atoms. The highest BCUT2D eigenvalue weighted by Gasteiger charge is 2.05. The largest absolute Gasteiger partial charge is 0.496 e. The number of nitrogens with one attached hydrogen (secondary N) is 1. The van der Waals surface area contributed by atoms with Crippen LogP contribution in [0, 0.1) is 11.3 Å². The summed E-state index contributed by atoms with van der Waals surface area (Å²) in [4.78, 5) is 10.7. The van der Waals surface area contributed by atoms with Crippen LogP contribution in [0.5, 0.6) is 5.75 Å². The summed E-state index contributed by atoms with van der Waals surface area (Å²) in [5.41, 5.74) is 0.815. The van der Waals surface area contributed by atoms with Crippen LogP contribution >= 0.6 is 15.9 Å². The zero-order valence-electron chi connectivity index (χ0n) is 8.08. The van der Waals surface area contributed by atoms with Gasteiger partial charge < -0.3 is 10.1 Å². The SMILES string of the molecule is COc1ccc(Br)cc1CNC(=O)C#N. The molecule has 0 radical (unpaired) electrons. The van der Waals surface area contributed by atoms with Crippen molar-refractivity contribution in [1.29, 1.82) is 5.26 Å². The Labute approximate surface area is 96.0 Å². The molecular weight excluding hydrogens is 260 g/mol. The molecule has 0 saturated heterocycles. The van der Waals surface area contributed by atoms with E-state index in [1.807, 2.05) is 12.1 Å². The Bertz CT molecular complexity index is 412. The molecule has 0 aliphatic heterocycles. The maximum absolute atomic E-state index is 10.7. The maximum atomic E-state index is 10.7. The van der Waals surface area contributed by atoms with Crippen molar-refractivity contribution in [1.82, 2.24) is 5.32 Å². The third-order valence-electron chi connectivity index (χ3n) is 1.78. The van der Waals surface area contributed by atoms with Crippen molar-refractivity contribution in [3.05, 3.63) is 28.2 Å².